The Balaban J connectivity index is -0.000000447. The van der Waals surface area contributed by atoms with Crippen molar-refractivity contribution in [1.82, 2.24) is 0 Å². The van der Waals surface area contributed by atoms with Crippen molar-refractivity contribution in [3.05, 3.63) is 122 Å². The largest absolute Gasteiger partial charge is 0.498 e. The summed E-state index contributed by atoms with van der Waals surface area (Å²) in [6, 6.07) is 23.2. The van der Waals surface area contributed by atoms with E-state index in [1.807, 2.05) is 204 Å². The number of para-hydroxylation sites is 1. The fraction of sp³-hybridized carbons (Fsp3) is 0.644. The molecular formula is C104H161N5O21. The molecule has 3 aliphatic rings. The van der Waals surface area contributed by atoms with Crippen molar-refractivity contribution in [3.63, 3.8) is 0 Å². The minimum Gasteiger partial charge on any atom is -0.498 e. The summed E-state index contributed by atoms with van der Waals surface area (Å²) in [5, 5.41) is 42.9. The Morgan fingerprint density at radius 3 is 1.28 bits per heavy atom. The third kappa shape index (κ3) is 53.9. The third-order valence-electron chi connectivity index (χ3n) is 22.7. The van der Waals surface area contributed by atoms with E-state index in [0.717, 1.165) is 94.6 Å². The van der Waals surface area contributed by atoms with Gasteiger partial charge in [-0.15, -0.1) is 0 Å². The summed E-state index contributed by atoms with van der Waals surface area (Å²) in [4.78, 5) is 114. The molecule has 26 heteroatoms. The molecule has 2 aromatic carbocycles. The Morgan fingerprint density at radius 1 is 0.477 bits per heavy atom. The second kappa shape index (κ2) is 69.1. The first-order chi connectivity index (χ1) is 60.7. The van der Waals surface area contributed by atoms with Crippen molar-refractivity contribution in [2.45, 2.75) is 327 Å². The number of carbonyl (C=O) groups is 10. The van der Waals surface area contributed by atoms with Gasteiger partial charge in [-0.25, -0.2) is 0 Å². The Kier molecular flexibility index (Phi) is 67.8. The van der Waals surface area contributed by atoms with E-state index in [0.29, 0.717) is 73.7 Å². The van der Waals surface area contributed by atoms with E-state index in [1.165, 1.54) is 31.8 Å². The second-order valence-corrected chi connectivity index (χ2v) is 35.8. The average molecular weight is 1820 g/mol. The predicted molar refractivity (Wildman–Crippen MR) is 506 cm³/mol. The van der Waals surface area contributed by atoms with Gasteiger partial charge < -0.3 is 52.1 Å². The predicted octanol–water partition coefficient (Wildman–Crippen LogP) is 23.4. The van der Waals surface area contributed by atoms with Gasteiger partial charge in [-0.3, -0.25) is 47.9 Å². The van der Waals surface area contributed by atoms with E-state index in [1.54, 1.807) is 61.5 Å². The first-order valence-corrected chi connectivity index (χ1v) is 45.6. The molecule has 2 bridgehead atoms. The van der Waals surface area contributed by atoms with E-state index in [9.17, 15) is 47.9 Å². The van der Waals surface area contributed by atoms with Crippen molar-refractivity contribution >= 4 is 59.7 Å². The monoisotopic (exact) mass is 1820 g/mol. The normalized spacial score (nSPS) is 15.0. The van der Waals surface area contributed by atoms with Crippen LogP contribution in [0.3, 0.4) is 0 Å². The van der Waals surface area contributed by atoms with Gasteiger partial charge in [-0.05, 0) is 240 Å². The van der Waals surface area contributed by atoms with Gasteiger partial charge in [0, 0.05) is 18.8 Å². The van der Waals surface area contributed by atoms with Crippen molar-refractivity contribution in [1.29, 1.82) is 26.3 Å². The summed E-state index contributed by atoms with van der Waals surface area (Å²) < 4.78 is 55.3. The van der Waals surface area contributed by atoms with Gasteiger partial charge in [0.15, 0.2) is 5.60 Å². The molecule has 26 nitrogen and oxygen atoms in total. The number of nitrogens with zero attached hydrogens (tertiary/aromatic N) is 5. The Morgan fingerprint density at radius 2 is 0.892 bits per heavy atom. The van der Waals surface area contributed by atoms with Crippen molar-refractivity contribution < 1.29 is 100 Å². The van der Waals surface area contributed by atoms with Gasteiger partial charge in [0.25, 0.3) is 0 Å². The maximum absolute atomic E-state index is 12.0. The van der Waals surface area contributed by atoms with E-state index in [4.69, 9.17) is 73.7 Å². The van der Waals surface area contributed by atoms with E-state index >= 15 is 0 Å². The fourth-order valence-electron chi connectivity index (χ4n) is 9.60. The highest BCUT2D eigenvalue weighted by Gasteiger charge is 2.46. The zero-order chi connectivity index (χ0) is 101. The number of esters is 10. The number of ether oxygens (including phenoxy) is 11. The van der Waals surface area contributed by atoms with Gasteiger partial charge in [0.05, 0.1) is 111 Å². The quantitative estimate of drug-likeness (QED) is 0.0151. The van der Waals surface area contributed by atoms with Crippen LogP contribution in [-0.2, 0) is 90.6 Å². The number of rotatable bonds is 37. The summed E-state index contributed by atoms with van der Waals surface area (Å²) >= 11 is 0. The SMILES string of the molecule is C=C(C)COC(=O)C(C)(C)CC.C=C1C2CCC(C2)C1OC(=O)C(C)(C)CC.C=CCOC(=O)C(C)(C)CC.C=COC(=O)C(C)(C)CC.C=COCCOC(=O)C(C)CC.CCC(C)(C)C(=O)OCCC#N.CCC(C)(C)C(=O)OCCC#N.CCC(C)C(=O)OC1(C#N)CCCCC1.CCC(C)C(=O)Oc1ccc(C#N)cc1.CCC(C)C(=O)Oc1ccccc1C#N. The van der Waals surface area contributed by atoms with E-state index < -0.39 is 16.4 Å². The number of nitriles is 5. The summed E-state index contributed by atoms with van der Waals surface area (Å²) in [6.45, 7) is 70.8. The molecule has 2 aromatic rings. The van der Waals surface area contributed by atoms with Crippen LogP contribution in [0.2, 0.25) is 0 Å². The number of fused-ring (bicyclic) bond motifs is 2. The van der Waals surface area contributed by atoms with Crippen molar-refractivity contribution in [2.24, 2.45) is 68.0 Å². The van der Waals surface area contributed by atoms with Gasteiger partial charge in [-0.2, -0.15) is 26.3 Å². The highest BCUT2D eigenvalue weighted by molar-refractivity contribution is 5.79. The standard InChI is InChI=1S/C14H22O2.2C12H13NO2.C12H19NO2.C10H18O2.2C9H15NO2.C9H16O3.C9H16O2.C8H14O2/c1-5-14(3,4)13(15)16-12-9(2)10-6-7-11(12)8-10;1-3-9(2)12(14)15-11-6-4-10(8-13)5-7-11;1-3-9(2)12(14)15-11-7-5-4-6-10(11)8-13;1-3-10(2)11(14)15-12(9-13)7-5-4-6-8-12;1-6-10(4,5)9(11)12-7-8(2)3;2*1-4-9(2,3)8(11)12-7-5-6-10;1-4-8(3)9(10)12-7-6-11-5-2;1-5-7-11-8(10)9(3,4)6-2;1-5-8(3,4)7(9)10-6-2/h10-12H,2,5-8H2,1,3-4H3;2*4-7,9H,3H2,1-2H3;10H,3-8H2,1-2H3;2,6-7H2,1,3-5H3;2*4-5,7H2,1-3H3;5,8H,2,4,6-7H2,1,3H3;5H,1,6-7H2,2-4H3;6H,2,5H2,1,3-4H3. The molecule has 0 N–H and O–H groups in total. The molecule has 0 radical (unpaired) electrons. The molecule has 0 heterocycles. The van der Waals surface area contributed by atoms with Crippen LogP contribution in [-0.4, -0.2) is 111 Å². The number of hydrogen-bond donors (Lipinski definition) is 0. The number of carbonyl (C=O) groups excluding carboxylic acids is 10. The molecule has 0 amide bonds. The molecule has 3 fully saturated rings. The minimum atomic E-state index is -0.821. The summed E-state index contributed by atoms with van der Waals surface area (Å²) in [7, 11) is 0. The summed E-state index contributed by atoms with van der Waals surface area (Å²) in [6.07, 6.45) is 20.5. The molecule has 7 atom stereocenters. The highest BCUT2D eigenvalue weighted by Crippen LogP contribution is 2.49. The molecule has 0 saturated heterocycles. The zero-order valence-electron chi connectivity index (χ0n) is 84.1. The number of hydrogen-bond acceptors (Lipinski definition) is 26. The Labute approximate surface area is 780 Å². The zero-order valence-corrected chi connectivity index (χ0v) is 84.1. The molecule has 5 rings (SSSR count). The van der Waals surface area contributed by atoms with Crippen molar-refractivity contribution in [3.8, 4) is 41.8 Å². The Hall–Kier alpha value is -10.9. The molecule has 3 aliphatic carbocycles. The van der Waals surface area contributed by atoms with Crippen LogP contribution in [0.1, 0.15) is 326 Å². The van der Waals surface area contributed by atoms with Gasteiger partial charge in [0.1, 0.15) is 69.4 Å². The molecule has 3 saturated carbocycles. The Bertz CT molecular complexity index is 3950. The lowest BCUT2D eigenvalue weighted by Gasteiger charge is -2.31. The van der Waals surface area contributed by atoms with E-state index in [2.05, 4.69) is 43.7 Å². The highest BCUT2D eigenvalue weighted by atomic mass is 16.6. The summed E-state index contributed by atoms with van der Waals surface area (Å²) in [5.41, 5.74) is -0.155. The van der Waals surface area contributed by atoms with Crippen LogP contribution >= 0.6 is 0 Å². The van der Waals surface area contributed by atoms with Crippen LogP contribution < -0.4 is 9.47 Å². The van der Waals surface area contributed by atoms with Crippen molar-refractivity contribution in [2.75, 3.05) is 39.6 Å². The fourth-order valence-corrected chi connectivity index (χ4v) is 9.60. The lowest BCUT2D eigenvalue weighted by atomic mass is 9.85. The second-order valence-electron chi connectivity index (χ2n) is 35.8. The van der Waals surface area contributed by atoms with Gasteiger partial charge >= 0.3 is 59.7 Å². The van der Waals surface area contributed by atoms with E-state index in [-0.39, 0.29) is 137 Å². The molecule has 728 valence electrons. The topological polar surface area (TPSA) is 391 Å². The lowest BCUT2D eigenvalue weighted by Crippen LogP contribution is -2.37. The van der Waals surface area contributed by atoms with Crippen LogP contribution in [0.15, 0.2) is 111 Å². The summed E-state index contributed by atoms with van der Waals surface area (Å²) in [5.74, 6) is -0.296. The smallest absolute Gasteiger partial charge is 0.316 e. The maximum Gasteiger partial charge on any atom is 0.316 e. The minimum absolute atomic E-state index is 0.0112. The first kappa shape index (κ1) is 128. The molecular weight excluding hydrogens is 1660 g/mol. The molecule has 0 aromatic heterocycles. The molecule has 7 unspecified atom stereocenters. The lowest BCUT2D eigenvalue weighted by molar-refractivity contribution is -0.162. The van der Waals surface area contributed by atoms with Crippen LogP contribution in [0.25, 0.3) is 0 Å². The molecule has 0 aliphatic heterocycles. The maximum atomic E-state index is 12.0. The van der Waals surface area contributed by atoms with Crippen LogP contribution in [0.5, 0.6) is 11.5 Å². The van der Waals surface area contributed by atoms with Gasteiger partial charge in [0.2, 0.25) is 0 Å². The first-order valence-electron chi connectivity index (χ1n) is 45.6. The third-order valence-corrected chi connectivity index (χ3v) is 22.7. The van der Waals surface area contributed by atoms with Gasteiger partial charge in [-0.1, -0.05) is 154 Å². The molecule has 130 heavy (non-hydrogen) atoms. The van der Waals surface area contributed by atoms with Crippen LogP contribution in [0, 0.1) is 125 Å². The average Bonchev–Trinajstić information content (AvgIpc) is 1.64. The number of benzene rings is 2. The molecule has 0 spiro atoms. The van der Waals surface area contributed by atoms with Crippen LogP contribution in [0.4, 0.5) is 0 Å².